The van der Waals surface area contributed by atoms with Crippen LogP contribution in [0.3, 0.4) is 0 Å². The van der Waals surface area contributed by atoms with Crippen molar-refractivity contribution in [3.05, 3.63) is 75.6 Å². The van der Waals surface area contributed by atoms with Gasteiger partial charge in [-0.3, -0.25) is 10.1 Å². The normalized spacial score (nSPS) is 24.0. The van der Waals surface area contributed by atoms with E-state index in [1.807, 2.05) is 0 Å². The van der Waals surface area contributed by atoms with E-state index in [1.165, 1.54) is 24.3 Å². The molecule has 0 radical (unpaired) electrons. The van der Waals surface area contributed by atoms with Gasteiger partial charge in [0, 0.05) is 10.5 Å². The number of para-hydroxylation sites is 1. The van der Waals surface area contributed by atoms with Gasteiger partial charge in [-0.05, 0) is 23.8 Å². The first-order chi connectivity index (χ1) is 10.1. The Balaban J connectivity index is 2.06. The number of nitro groups is 1. The lowest BCUT2D eigenvalue weighted by atomic mass is 9.90. The molecule has 1 unspecified atom stereocenters. The van der Waals surface area contributed by atoms with Crippen molar-refractivity contribution in [1.29, 1.82) is 0 Å². The third-order valence-corrected chi connectivity index (χ3v) is 3.57. The molecule has 1 aliphatic heterocycles. The van der Waals surface area contributed by atoms with Crippen LogP contribution in [0, 0.1) is 15.9 Å². The molecule has 0 amide bonds. The number of fused-ring (bicyclic) bond motifs is 1. The van der Waals surface area contributed by atoms with E-state index in [0.29, 0.717) is 16.9 Å². The summed E-state index contributed by atoms with van der Waals surface area (Å²) in [6, 6.07) is 10.6. The minimum Gasteiger partial charge on any atom is -0.478 e. The lowest BCUT2D eigenvalue weighted by Crippen LogP contribution is -2.40. The summed E-state index contributed by atoms with van der Waals surface area (Å²) < 4.78 is 18.7. The van der Waals surface area contributed by atoms with Gasteiger partial charge in [0.05, 0.1) is 0 Å². The average Bonchev–Trinajstić information content (AvgIpc) is 2.47. The second-order valence-electron chi connectivity index (χ2n) is 4.85. The molecule has 21 heavy (non-hydrogen) atoms. The molecule has 0 aromatic heterocycles. The van der Waals surface area contributed by atoms with Crippen LogP contribution in [-0.2, 0) is 0 Å². The van der Waals surface area contributed by atoms with Crippen LogP contribution in [0.25, 0.3) is 0 Å². The van der Waals surface area contributed by atoms with E-state index in [1.54, 1.807) is 24.3 Å². The molecule has 1 heterocycles. The number of hydrogen-bond donors (Lipinski definition) is 1. The largest absolute Gasteiger partial charge is 0.478 e. The van der Waals surface area contributed by atoms with Gasteiger partial charge in [0.2, 0.25) is 0 Å². The summed E-state index contributed by atoms with van der Waals surface area (Å²) in [5.41, 5.74) is 0.837. The Morgan fingerprint density at radius 1 is 1.14 bits per heavy atom. The molecule has 5 nitrogen and oxygen atoms in total. The molecule has 3 rings (SSSR count). The van der Waals surface area contributed by atoms with Gasteiger partial charge in [-0.2, -0.15) is 0 Å². The molecule has 2 aromatic rings. The molecule has 0 bridgehead atoms. The molecule has 0 saturated heterocycles. The van der Waals surface area contributed by atoms with Crippen LogP contribution in [0.1, 0.15) is 23.3 Å². The Kier molecular flexibility index (Phi) is 3.31. The van der Waals surface area contributed by atoms with E-state index < -0.39 is 29.0 Å². The molecular formula is C15H12FNO4. The Hall–Kier alpha value is -2.47. The molecular weight excluding hydrogens is 277 g/mol. The average molecular weight is 289 g/mol. The minimum absolute atomic E-state index is 0.387. The van der Waals surface area contributed by atoms with Gasteiger partial charge in [-0.1, -0.05) is 30.3 Å². The standard InChI is InChI=1S/C15H12FNO4/c16-10-7-5-9(6-8-10)15-13(17(19)20)14(18)11-3-1-2-4-12(11)21-15/h1-8,13-15,18H/t13?,14-,15-/m0/s1. The van der Waals surface area contributed by atoms with E-state index in [2.05, 4.69) is 0 Å². The Bertz CT molecular complexity index is 674. The highest BCUT2D eigenvalue weighted by atomic mass is 19.1. The topological polar surface area (TPSA) is 72.6 Å². The highest BCUT2D eigenvalue weighted by Crippen LogP contribution is 2.42. The van der Waals surface area contributed by atoms with E-state index in [4.69, 9.17) is 4.74 Å². The van der Waals surface area contributed by atoms with E-state index in [9.17, 15) is 19.6 Å². The van der Waals surface area contributed by atoms with Crippen LogP contribution in [0.4, 0.5) is 4.39 Å². The van der Waals surface area contributed by atoms with Crippen LogP contribution in [0.2, 0.25) is 0 Å². The molecule has 6 heteroatoms. The van der Waals surface area contributed by atoms with Crippen LogP contribution in [0.5, 0.6) is 5.75 Å². The van der Waals surface area contributed by atoms with Crippen LogP contribution < -0.4 is 4.74 Å². The number of rotatable bonds is 2. The van der Waals surface area contributed by atoms with E-state index in [-0.39, 0.29) is 0 Å². The molecule has 108 valence electrons. The number of benzene rings is 2. The van der Waals surface area contributed by atoms with Gasteiger partial charge < -0.3 is 9.84 Å². The lowest BCUT2D eigenvalue weighted by molar-refractivity contribution is -0.549. The first-order valence-electron chi connectivity index (χ1n) is 6.40. The Morgan fingerprint density at radius 3 is 2.48 bits per heavy atom. The molecule has 1 N–H and O–H groups in total. The number of aliphatic hydroxyl groups is 1. The summed E-state index contributed by atoms with van der Waals surface area (Å²) >= 11 is 0. The predicted octanol–water partition coefficient (Wildman–Crippen LogP) is 2.64. The maximum atomic E-state index is 13.0. The van der Waals surface area contributed by atoms with Crippen molar-refractivity contribution in [2.75, 3.05) is 0 Å². The summed E-state index contributed by atoms with van der Waals surface area (Å²) in [6.07, 6.45) is -2.24. The molecule has 0 saturated carbocycles. The number of halogens is 1. The zero-order valence-corrected chi connectivity index (χ0v) is 10.8. The molecule has 0 aliphatic carbocycles. The zero-order chi connectivity index (χ0) is 15.0. The summed E-state index contributed by atoms with van der Waals surface area (Å²) in [7, 11) is 0. The highest BCUT2D eigenvalue weighted by Gasteiger charge is 2.46. The third-order valence-electron chi connectivity index (χ3n) is 3.57. The quantitative estimate of drug-likeness (QED) is 0.681. The van der Waals surface area contributed by atoms with Crippen molar-refractivity contribution in [2.45, 2.75) is 18.2 Å². The fourth-order valence-electron chi connectivity index (χ4n) is 2.53. The van der Waals surface area contributed by atoms with E-state index >= 15 is 0 Å². The zero-order valence-electron chi connectivity index (χ0n) is 10.8. The Labute approximate surface area is 119 Å². The van der Waals surface area contributed by atoms with Crippen molar-refractivity contribution in [1.82, 2.24) is 0 Å². The minimum atomic E-state index is -1.34. The summed E-state index contributed by atoms with van der Waals surface area (Å²) in [5, 5.41) is 21.6. The molecule has 1 aliphatic rings. The van der Waals surface area contributed by atoms with Crippen molar-refractivity contribution < 1.29 is 19.2 Å². The highest BCUT2D eigenvalue weighted by molar-refractivity contribution is 5.39. The van der Waals surface area contributed by atoms with Gasteiger partial charge in [0.15, 0.2) is 12.2 Å². The van der Waals surface area contributed by atoms with Crippen LogP contribution in [0.15, 0.2) is 48.5 Å². The fourth-order valence-corrected chi connectivity index (χ4v) is 2.53. The first-order valence-corrected chi connectivity index (χ1v) is 6.40. The number of hydrogen-bond acceptors (Lipinski definition) is 4. The molecule has 3 atom stereocenters. The van der Waals surface area contributed by atoms with Crippen LogP contribution in [-0.4, -0.2) is 16.1 Å². The fraction of sp³-hybridized carbons (Fsp3) is 0.200. The summed E-state index contributed by atoms with van der Waals surface area (Å²) in [6.45, 7) is 0. The van der Waals surface area contributed by atoms with Crippen molar-refractivity contribution >= 4 is 0 Å². The number of ether oxygens (including phenoxy) is 1. The first kappa shape index (κ1) is 13.5. The van der Waals surface area contributed by atoms with Crippen LogP contribution >= 0.6 is 0 Å². The van der Waals surface area contributed by atoms with Crippen molar-refractivity contribution in [3.63, 3.8) is 0 Å². The monoisotopic (exact) mass is 289 g/mol. The maximum Gasteiger partial charge on any atom is 0.283 e. The number of aliphatic hydroxyl groups excluding tert-OH is 1. The lowest BCUT2D eigenvalue weighted by Gasteiger charge is -2.32. The molecule has 0 fully saturated rings. The Morgan fingerprint density at radius 2 is 1.81 bits per heavy atom. The van der Waals surface area contributed by atoms with Gasteiger partial charge in [-0.25, -0.2) is 4.39 Å². The van der Waals surface area contributed by atoms with Gasteiger partial charge >= 0.3 is 0 Å². The maximum absolute atomic E-state index is 13.0. The second-order valence-corrected chi connectivity index (χ2v) is 4.85. The van der Waals surface area contributed by atoms with Gasteiger partial charge in [0.1, 0.15) is 11.6 Å². The predicted molar refractivity (Wildman–Crippen MR) is 72.0 cm³/mol. The second kappa shape index (κ2) is 5.14. The summed E-state index contributed by atoms with van der Waals surface area (Å²) in [4.78, 5) is 10.8. The summed E-state index contributed by atoms with van der Waals surface area (Å²) in [5.74, 6) is -0.0365. The van der Waals surface area contributed by atoms with Crippen molar-refractivity contribution in [2.24, 2.45) is 0 Å². The third kappa shape index (κ3) is 2.34. The molecule has 2 aromatic carbocycles. The van der Waals surface area contributed by atoms with E-state index in [0.717, 1.165) is 0 Å². The SMILES string of the molecule is O=[N+]([O-])C1[C@@H](O)c2ccccc2O[C@H]1c1ccc(F)cc1. The van der Waals surface area contributed by atoms with Crippen molar-refractivity contribution in [3.8, 4) is 5.75 Å². The number of nitrogens with zero attached hydrogens (tertiary/aromatic N) is 1. The van der Waals surface area contributed by atoms with Gasteiger partial charge in [0.25, 0.3) is 6.04 Å². The smallest absolute Gasteiger partial charge is 0.283 e. The molecule has 0 spiro atoms. The van der Waals surface area contributed by atoms with Gasteiger partial charge in [-0.15, -0.1) is 0 Å².